The second kappa shape index (κ2) is 12.0. The minimum Gasteiger partial charge on any atom is -0.477 e. The number of benzene rings is 1. The van der Waals surface area contributed by atoms with E-state index in [1.54, 1.807) is 30.3 Å². The van der Waals surface area contributed by atoms with Gasteiger partial charge < -0.3 is 46.3 Å². The molecular weight excluding hydrogens is 438 g/mol. The number of carboxylic acid groups (broad SMARTS) is 1. The van der Waals surface area contributed by atoms with Crippen LogP contribution in [-0.2, 0) is 19.1 Å². The highest BCUT2D eigenvalue weighted by molar-refractivity contribution is 5.94. The Balaban J connectivity index is 2.19. The van der Waals surface area contributed by atoms with E-state index in [0.717, 1.165) is 0 Å². The first-order valence-corrected chi connectivity index (χ1v) is 10.5. The third kappa shape index (κ3) is 6.93. The summed E-state index contributed by atoms with van der Waals surface area (Å²) in [7, 11) is 0. The van der Waals surface area contributed by atoms with Crippen LogP contribution >= 0.6 is 0 Å². The zero-order valence-electron chi connectivity index (χ0n) is 18.2. The second-order valence-corrected chi connectivity index (χ2v) is 7.76. The van der Waals surface area contributed by atoms with Crippen LogP contribution in [0.15, 0.2) is 30.3 Å². The molecule has 0 aromatic heterocycles. The molecule has 2 amide bonds. The van der Waals surface area contributed by atoms with Gasteiger partial charge in [0.15, 0.2) is 0 Å². The lowest BCUT2D eigenvalue weighted by Gasteiger charge is -2.46. The zero-order valence-corrected chi connectivity index (χ0v) is 18.2. The van der Waals surface area contributed by atoms with Crippen LogP contribution in [0.25, 0.3) is 0 Å². The van der Waals surface area contributed by atoms with Crippen molar-refractivity contribution in [3.05, 3.63) is 35.9 Å². The number of aliphatic hydroxyl groups is 3. The number of hydrogen-bond acceptors (Lipinski definition) is 9. The molecule has 184 valence electrons. The maximum Gasteiger partial charge on any atom is 0.364 e. The topological polar surface area (TPSA) is 201 Å². The molecule has 0 spiro atoms. The Morgan fingerprint density at radius 1 is 1.27 bits per heavy atom. The van der Waals surface area contributed by atoms with E-state index in [0.29, 0.717) is 12.0 Å². The number of hydrogen-bond donors (Lipinski definition) is 7. The summed E-state index contributed by atoms with van der Waals surface area (Å²) in [6, 6.07) is 6.92. The van der Waals surface area contributed by atoms with Crippen molar-refractivity contribution in [2.45, 2.75) is 56.0 Å². The molecule has 1 aromatic rings. The normalized spacial score (nSPS) is 26.8. The molecule has 0 bridgehead atoms. The van der Waals surface area contributed by atoms with Gasteiger partial charge in [0, 0.05) is 25.5 Å². The number of rotatable bonds is 11. The standard InChI is InChI=1S/C21H31N3O9/c1-12(25)24-16-14(26)10-21(20(30)31,32-9-5-8-22)33-18(16)17(28)15(27)11-23-19(29)13-6-3-2-4-7-13/h2-4,6-7,14-18,26-28H,5,8-11,22H2,1H3,(H,23,29)(H,24,25)(H,30,31). The fourth-order valence-electron chi connectivity index (χ4n) is 3.50. The summed E-state index contributed by atoms with van der Waals surface area (Å²) in [5, 5.41) is 46.4. The Morgan fingerprint density at radius 2 is 1.94 bits per heavy atom. The molecule has 12 nitrogen and oxygen atoms in total. The molecule has 1 saturated heterocycles. The minimum atomic E-state index is -2.33. The van der Waals surface area contributed by atoms with Crippen molar-refractivity contribution in [1.82, 2.24) is 10.6 Å². The monoisotopic (exact) mass is 469 g/mol. The van der Waals surface area contributed by atoms with Gasteiger partial charge >= 0.3 is 5.97 Å². The summed E-state index contributed by atoms with van der Waals surface area (Å²) in [6.07, 6.45) is -6.71. The third-order valence-electron chi connectivity index (χ3n) is 5.19. The summed E-state index contributed by atoms with van der Waals surface area (Å²) in [4.78, 5) is 35.8. The van der Waals surface area contributed by atoms with Crippen molar-refractivity contribution in [1.29, 1.82) is 0 Å². The number of amides is 2. The molecule has 2 rings (SSSR count). The van der Waals surface area contributed by atoms with Crippen molar-refractivity contribution in [2.75, 3.05) is 19.7 Å². The van der Waals surface area contributed by atoms with Gasteiger partial charge in [-0.25, -0.2) is 4.79 Å². The fraction of sp³-hybridized carbons (Fsp3) is 0.571. The average Bonchev–Trinajstić information content (AvgIpc) is 2.78. The Labute approximate surface area is 190 Å². The van der Waals surface area contributed by atoms with Gasteiger partial charge in [0.05, 0.1) is 24.9 Å². The van der Waals surface area contributed by atoms with Crippen LogP contribution in [0.2, 0.25) is 0 Å². The van der Waals surface area contributed by atoms with Gasteiger partial charge in [0.2, 0.25) is 5.91 Å². The smallest absolute Gasteiger partial charge is 0.364 e. The number of carbonyl (C=O) groups is 3. The molecule has 12 heteroatoms. The third-order valence-corrected chi connectivity index (χ3v) is 5.19. The Bertz CT molecular complexity index is 809. The van der Waals surface area contributed by atoms with E-state index in [9.17, 15) is 34.8 Å². The minimum absolute atomic E-state index is 0.0984. The second-order valence-electron chi connectivity index (χ2n) is 7.76. The highest BCUT2D eigenvalue weighted by Gasteiger charge is 2.55. The number of aliphatic carboxylic acids is 1. The Hall–Kier alpha value is -2.61. The highest BCUT2D eigenvalue weighted by atomic mass is 16.7. The molecule has 8 N–H and O–H groups in total. The lowest BCUT2D eigenvalue weighted by molar-refractivity contribution is -0.310. The van der Waals surface area contributed by atoms with E-state index >= 15 is 0 Å². The quantitative estimate of drug-likeness (QED) is 0.177. The zero-order chi connectivity index (χ0) is 24.6. The number of nitrogens with two attached hydrogens (primary N) is 1. The lowest BCUT2D eigenvalue weighted by atomic mass is 9.88. The predicted octanol–water partition coefficient (Wildman–Crippen LogP) is -2.06. The van der Waals surface area contributed by atoms with Gasteiger partial charge in [-0.3, -0.25) is 9.59 Å². The fourth-order valence-corrected chi connectivity index (χ4v) is 3.50. The molecule has 33 heavy (non-hydrogen) atoms. The number of aliphatic hydroxyl groups excluding tert-OH is 3. The number of carbonyl (C=O) groups excluding carboxylic acids is 2. The van der Waals surface area contributed by atoms with Crippen LogP contribution in [0.4, 0.5) is 0 Å². The van der Waals surface area contributed by atoms with Gasteiger partial charge in [-0.05, 0) is 25.1 Å². The first kappa shape index (κ1) is 26.6. The number of ether oxygens (including phenoxy) is 2. The lowest BCUT2D eigenvalue weighted by Crippen LogP contribution is -2.68. The van der Waals surface area contributed by atoms with Gasteiger partial charge in [0.25, 0.3) is 11.7 Å². The molecule has 6 atom stereocenters. The van der Waals surface area contributed by atoms with Crippen molar-refractivity contribution in [3.8, 4) is 0 Å². The van der Waals surface area contributed by atoms with E-state index in [1.807, 2.05) is 0 Å². The van der Waals surface area contributed by atoms with Crippen LogP contribution < -0.4 is 16.4 Å². The summed E-state index contributed by atoms with van der Waals surface area (Å²) in [5.74, 6) is -4.96. The summed E-state index contributed by atoms with van der Waals surface area (Å²) in [6.45, 7) is 0.882. The highest BCUT2D eigenvalue weighted by Crippen LogP contribution is 2.33. The number of carboxylic acids is 1. The van der Waals surface area contributed by atoms with Crippen LogP contribution in [0, 0.1) is 0 Å². The van der Waals surface area contributed by atoms with E-state index in [1.165, 1.54) is 6.92 Å². The average molecular weight is 469 g/mol. The van der Waals surface area contributed by atoms with Gasteiger partial charge in [-0.1, -0.05) is 18.2 Å². The summed E-state index contributed by atoms with van der Waals surface area (Å²) in [5.41, 5.74) is 5.74. The number of nitrogens with one attached hydrogen (secondary N) is 2. The van der Waals surface area contributed by atoms with E-state index in [2.05, 4.69) is 10.6 Å². The molecule has 1 aliphatic rings. The molecular formula is C21H31N3O9. The summed E-state index contributed by atoms with van der Waals surface area (Å²) < 4.78 is 11.0. The maximum atomic E-state index is 12.2. The van der Waals surface area contributed by atoms with Crippen molar-refractivity contribution in [2.24, 2.45) is 5.73 Å². The molecule has 1 heterocycles. The maximum absolute atomic E-state index is 12.2. The van der Waals surface area contributed by atoms with Crippen LogP contribution in [-0.4, -0.2) is 94.2 Å². The molecule has 6 unspecified atom stereocenters. The van der Waals surface area contributed by atoms with E-state index in [4.69, 9.17) is 15.2 Å². The first-order valence-electron chi connectivity index (χ1n) is 10.5. The SMILES string of the molecule is CC(=O)NC1C(O)CC(OCCCN)(C(=O)O)OC1C(O)C(O)CNC(=O)c1ccccc1. The van der Waals surface area contributed by atoms with E-state index in [-0.39, 0.29) is 13.2 Å². The van der Waals surface area contributed by atoms with Crippen molar-refractivity contribution in [3.63, 3.8) is 0 Å². The van der Waals surface area contributed by atoms with Crippen molar-refractivity contribution >= 4 is 17.8 Å². The molecule has 0 aliphatic carbocycles. The predicted molar refractivity (Wildman–Crippen MR) is 114 cm³/mol. The van der Waals surface area contributed by atoms with Gasteiger partial charge in [-0.15, -0.1) is 0 Å². The molecule has 1 aliphatic heterocycles. The largest absolute Gasteiger partial charge is 0.477 e. The molecule has 1 fully saturated rings. The van der Waals surface area contributed by atoms with Crippen molar-refractivity contribution < 1.29 is 44.3 Å². The Kier molecular flexibility index (Phi) is 9.70. The summed E-state index contributed by atoms with van der Waals surface area (Å²) >= 11 is 0. The first-order chi connectivity index (χ1) is 15.6. The molecule has 0 radical (unpaired) electrons. The Morgan fingerprint density at radius 3 is 2.52 bits per heavy atom. The molecule has 1 aromatic carbocycles. The molecule has 0 saturated carbocycles. The van der Waals surface area contributed by atoms with Crippen LogP contribution in [0.5, 0.6) is 0 Å². The van der Waals surface area contributed by atoms with Crippen LogP contribution in [0.3, 0.4) is 0 Å². The van der Waals surface area contributed by atoms with Crippen LogP contribution in [0.1, 0.15) is 30.1 Å². The van der Waals surface area contributed by atoms with Gasteiger partial charge in [-0.2, -0.15) is 0 Å². The van der Waals surface area contributed by atoms with E-state index < -0.39 is 67.0 Å². The van der Waals surface area contributed by atoms with Gasteiger partial charge in [0.1, 0.15) is 12.2 Å².